The lowest BCUT2D eigenvalue weighted by atomic mass is 9.99. The van der Waals surface area contributed by atoms with Crippen molar-refractivity contribution in [3.8, 4) is 0 Å². The Morgan fingerprint density at radius 1 is 1.00 bits per heavy atom. The number of carboxylic acid groups (broad SMARTS) is 1. The zero-order valence-corrected chi connectivity index (χ0v) is 28.4. The van der Waals surface area contributed by atoms with Crippen LogP contribution in [-0.2, 0) is 30.8 Å². The van der Waals surface area contributed by atoms with Gasteiger partial charge in [-0.15, -0.1) is 0 Å². The first-order valence-electron chi connectivity index (χ1n) is 15.8. The number of carbonyl (C=O) groups excluding carboxylic acids is 2. The Hall–Kier alpha value is -4.13. The summed E-state index contributed by atoms with van der Waals surface area (Å²) in [5.74, 6) is -2.05. The molecule has 0 spiro atoms. The molecule has 4 rings (SSSR count). The molecular weight excluding hydrogens is 618 g/mol. The minimum atomic E-state index is -4.04. The molecule has 252 valence electrons. The van der Waals surface area contributed by atoms with E-state index in [9.17, 15) is 27.9 Å². The number of carbonyl (C=O) groups is 3. The number of fused-ring (bicyclic) bond motifs is 1. The maximum absolute atomic E-state index is 13.5. The third-order valence-electron chi connectivity index (χ3n) is 7.98. The summed E-state index contributed by atoms with van der Waals surface area (Å²) >= 11 is 0. The smallest absolute Gasteiger partial charge is 0.326 e. The Balaban J connectivity index is 1.50. The molecule has 3 atom stereocenters. The van der Waals surface area contributed by atoms with E-state index in [2.05, 4.69) is 15.0 Å². The number of likely N-dealkylation sites (tertiary alicyclic amines) is 1. The van der Waals surface area contributed by atoms with Crippen LogP contribution in [0, 0.1) is 5.92 Å². The van der Waals surface area contributed by atoms with E-state index in [1.165, 1.54) is 11.0 Å². The predicted molar refractivity (Wildman–Crippen MR) is 182 cm³/mol. The lowest BCUT2D eigenvalue weighted by Gasteiger charge is -2.32. The summed E-state index contributed by atoms with van der Waals surface area (Å²) in [5.41, 5.74) is 7.09. The standard InChI is InChI=1S/C35H45N5O6S/c1-22(2)19-28(39-47(45,46)27-17-16-24-9-6-7-10-26(24)21-27)32(41)37-31(36)25-14-12-23(13-15-25)20-29(38-35(3,4)5)33(42)40-18-8-11-30(40)34(43)44/h6-7,9-10,12-17,21-22,28-30,38-39H,8,11,18-20H2,1-5H3,(H,43,44)(H2,36,37,41)/t28-,29-,30-/m0/s1. The summed E-state index contributed by atoms with van der Waals surface area (Å²) in [6, 6.07) is 16.5. The monoisotopic (exact) mass is 663 g/mol. The van der Waals surface area contributed by atoms with E-state index in [-0.39, 0.29) is 29.0 Å². The molecule has 1 aliphatic heterocycles. The van der Waals surface area contributed by atoms with Crippen molar-refractivity contribution in [1.29, 1.82) is 0 Å². The summed E-state index contributed by atoms with van der Waals surface area (Å²) in [6.07, 6.45) is 1.59. The molecule has 3 aromatic rings. The molecule has 12 heteroatoms. The highest BCUT2D eigenvalue weighted by atomic mass is 32.2. The number of aliphatic carboxylic acids is 1. The first-order valence-corrected chi connectivity index (χ1v) is 17.3. The maximum atomic E-state index is 13.5. The van der Waals surface area contributed by atoms with Crippen molar-refractivity contribution < 1.29 is 27.9 Å². The highest BCUT2D eigenvalue weighted by molar-refractivity contribution is 7.89. The fraction of sp³-hybridized carbons (Fsp3) is 0.429. The molecule has 1 fully saturated rings. The number of nitrogens with two attached hydrogens (primary N) is 1. The van der Waals surface area contributed by atoms with Crippen LogP contribution in [0.4, 0.5) is 0 Å². The number of rotatable bonds is 12. The van der Waals surface area contributed by atoms with E-state index in [1.807, 2.05) is 58.9 Å². The van der Waals surface area contributed by atoms with Crippen molar-refractivity contribution in [2.24, 2.45) is 16.6 Å². The summed E-state index contributed by atoms with van der Waals surface area (Å²) in [6.45, 7) is 9.99. The fourth-order valence-corrected chi connectivity index (χ4v) is 7.02. The quantitative estimate of drug-likeness (QED) is 0.167. The van der Waals surface area contributed by atoms with Crippen LogP contribution >= 0.6 is 0 Å². The van der Waals surface area contributed by atoms with Gasteiger partial charge in [0, 0.05) is 17.6 Å². The molecule has 1 heterocycles. The molecule has 2 amide bonds. The largest absolute Gasteiger partial charge is 0.480 e. The third-order valence-corrected chi connectivity index (χ3v) is 9.45. The average molecular weight is 664 g/mol. The first kappa shape index (κ1) is 35.7. The minimum absolute atomic E-state index is 0.0114. The number of nitrogens with one attached hydrogen (secondary N) is 2. The van der Waals surface area contributed by atoms with Gasteiger partial charge in [0.25, 0.3) is 5.91 Å². The predicted octanol–water partition coefficient (Wildman–Crippen LogP) is 3.84. The third kappa shape index (κ3) is 9.46. The zero-order chi connectivity index (χ0) is 34.5. The van der Waals surface area contributed by atoms with E-state index >= 15 is 0 Å². The zero-order valence-electron chi connectivity index (χ0n) is 27.6. The molecule has 5 N–H and O–H groups in total. The van der Waals surface area contributed by atoms with Crippen LogP contribution in [0.15, 0.2) is 76.6 Å². The van der Waals surface area contributed by atoms with Gasteiger partial charge in [-0.3, -0.25) is 9.59 Å². The molecule has 0 radical (unpaired) electrons. The molecule has 1 saturated heterocycles. The van der Waals surface area contributed by atoms with Gasteiger partial charge in [0.05, 0.1) is 10.9 Å². The van der Waals surface area contributed by atoms with Crippen LogP contribution in [-0.4, -0.2) is 72.3 Å². The molecule has 11 nitrogen and oxygen atoms in total. The Morgan fingerprint density at radius 2 is 1.66 bits per heavy atom. The van der Waals surface area contributed by atoms with Gasteiger partial charge in [0.1, 0.15) is 17.9 Å². The molecule has 0 saturated carbocycles. The van der Waals surface area contributed by atoms with E-state index in [0.29, 0.717) is 31.4 Å². The van der Waals surface area contributed by atoms with E-state index in [1.54, 1.807) is 36.4 Å². The van der Waals surface area contributed by atoms with E-state index < -0.39 is 45.6 Å². The Morgan fingerprint density at radius 3 is 2.28 bits per heavy atom. The Kier molecular flexibility index (Phi) is 11.2. The molecule has 1 aliphatic rings. The number of hydrogen-bond donors (Lipinski definition) is 4. The fourth-order valence-electron chi connectivity index (χ4n) is 5.78. The van der Waals surface area contributed by atoms with Crippen LogP contribution in [0.5, 0.6) is 0 Å². The summed E-state index contributed by atoms with van der Waals surface area (Å²) in [5, 5.41) is 14.6. The number of benzene rings is 3. The Labute approximate surface area is 276 Å². The van der Waals surface area contributed by atoms with Crippen LogP contribution in [0.1, 0.15) is 65.0 Å². The number of hydrogen-bond acceptors (Lipinski definition) is 6. The van der Waals surface area contributed by atoms with Gasteiger partial charge in [-0.05, 0) is 80.8 Å². The second-order valence-electron chi connectivity index (χ2n) is 13.5. The minimum Gasteiger partial charge on any atom is -0.480 e. The lowest BCUT2D eigenvalue weighted by Crippen LogP contribution is -2.55. The van der Waals surface area contributed by atoms with Crippen molar-refractivity contribution in [3.63, 3.8) is 0 Å². The lowest BCUT2D eigenvalue weighted by molar-refractivity contribution is -0.149. The summed E-state index contributed by atoms with van der Waals surface area (Å²) < 4.78 is 29.2. The van der Waals surface area contributed by atoms with Crippen LogP contribution in [0.25, 0.3) is 10.8 Å². The second kappa shape index (κ2) is 14.7. The molecule has 0 aliphatic carbocycles. The Bertz CT molecular complexity index is 1750. The molecular formula is C35H45N5O6S. The topological polar surface area (TPSA) is 171 Å². The van der Waals surface area contributed by atoms with Gasteiger partial charge in [0.2, 0.25) is 15.9 Å². The summed E-state index contributed by atoms with van der Waals surface area (Å²) in [4.78, 5) is 44.1. The van der Waals surface area contributed by atoms with Gasteiger partial charge in [-0.1, -0.05) is 68.4 Å². The van der Waals surface area contributed by atoms with E-state index in [4.69, 9.17) is 5.73 Å². The van der Waals surface area contributed by atoms with Crippen molar-refractivity contribution in [2.45, 2.75) is 88.9 Å². The number of aliphatic imine (C=N–C) groups is 1. The molecule has 47 heavy (non-hydrogen) atoms. The number of nitrogens with zero attached hydrogens (tertiary/aromatic N) is 2. The van der Waals surface area contributed by atoms with Gasteiger partial charge in [-0.25, -0.2) is 13.2 Å². The number of amidine groups is 1. The van der Waals surface area contributed by atoms with Crippen molar-refractivity contribution in [1.82, 2.24) is 14.9 Å². The highest BCUT2D eigenvalue weighted by Crippen LogP contribution is 2.22. The number of sulfonamides is 1. The molecule has 0 unspecified atom stereocenters. The first-order chi connectivity index (χ1) is 22.0. The number of carboxylic acids is 1. The highest BCUT2D eigenvalue weighted by Gasteiger charge is 2.38. The second-order valence-corrected chi connectivity index (χ2v) is 15.2. The van der Waals surface area contributed by atoms with Crippen molar-refractivity contribution >= 4 is 44.4 Å². The summed E-state index contributed by atoms with van der Waals surface area (Å²) in [7, 11) is -4.04. The van der Waals surface area contributed by atoms with Gasteiger partial charge >= 0.3 is 5.97 Å². The normalized spacial score (nSPS) is 17.2. The van der Waals surface area contributed by atoms with Crippen LogP contribution in [0.3, 0.4) is 0 Å². The number of amides is 2. The molecule has 0 aromatic heterocycles. The SMILES string of the molecule is CC(C)C[C@H](NS(=O)(=O)c1ccc2ccccc2c1)C(=O)N=C(N)c1ccc(C[C@H](NC(C)(C)C)C(=O)N2CCC[C@H]2C(=O)O)cc1. The molecule has 3 aromatic carbocycles. The van der Waals surface area contributed by atoms with Crippen molar-refractivity contribution in [2.75, 3.05) is 6.54 Å². The van der Waals surface area contributed by atoms with Crippen LogP contribution in [0.2, 0.25) is 0 Å². The molecule has 0 bridgehead atoms. The average Bonchev–Trinajstić information content (AvgIpc) is 3.50. The maximum Gasteiger partial charge on any atom is 0.326 e. The van der Waals surface area contributed by atoms with Gasteiger partial charge in [-0.2, -0.15) is 9.71 Å². The van der Waals surface area contributed by atoms with Crippen molar-refractivity contribution in [3.05, 3.63) is 77.9 Å². The van der Waals surface area contributed by atoms with E-state index in [0.717, 1.165) is 16.3 Å². The van der Waals surface area contributed by atoms with Gasteiger partial charge < -0.3 is 21.1 Å². The van der Waals surface area contributed by atoms with Gasteiger partial charge in [0.15, 0.2) is 0 Å². The van der Waals surface area contributed by atoms with Crippen LogP contribution < -0.4 is 15.8 Å².